The highest BCUT2D eigenvalue weighted by atomic mass is 16.5. The number of nitrogens with zero attached hydrogens (tertiary/aromatic N) is 4. The molecule has 0 aliphatic carbocycles. The number of benzene rings is 4. The molecule has 0 aromatic heterocycles. The number of rotatable bonds is 6. The lowest BCUT2D eigenvalue weighted by atomic mass is 10.2. The van der Waals surface area contributed by atoms with Gasteiger partial charge in [-0.15, -0.1) is 0 Å². The Kier molecular flexibility index (Phi) is 6.66. The molecular weight excluding hydrogens is 408 g/mol. The van der Waals surface area contributed by atoms with Crippen molar-refractivity contribution in [3.05, 3.63) is 119 Å². The quantitative estimate of drug-likeness (QED) is 0.321. The van der Waals surface area contributed by atoms with Gasteiger partial charge in [0.05, 0.1) is 34.6 Å². The highest BCUT2D eigenvalue weighted by Crippen LogP contribution is 2.26. The minimum atomic E-state index is 0.625. The van der Waals surface area contributed by atoms with E-state index in [0.717, 1.165) is 22.5 Å². The molecule has 0 aliphatic heterocycles. The molecule has 0 N–H and O–H groups in total. The Labute approximate surface area is 192 Å². The lowest BCUT2D eigenvalue weighted by Gasteiger charge is -2.06. The van der Waals surface area contributed by atoms with Crippen LogP contribution in [0.3, 0.4) is 0 Å². The van der Waals surface area contributed by atoms with Crippen LogP contribution in [0, 0.1) is 22.7 Å². The van der Waals surface area contributed by atoms with Crippen LogP contribution in [0.2, 0.25) is 0 Å². The van der Waals surface area contributed by atoms with E-state index >= 15 is 0 Å². The fourth-order valence-corrected chi connectivity index (χ4v) is 2.92. The van der Waals surface area contributed by atoms with Crippen molar-refractivity contribution in [2.75, 3.05) is 0 Å². The van der Waals surface area contributed by atoms with Gasteiger partial charge in [0, 0.05) is 12.4 Å². The van der Waals surface area contributed by atoms with Crippen molar-refractivity contribution in [3.63, 3.8) is 0 Å². The van der Waals surface area contributed by atoms with E-state index in [-0.39, 0.29) is 0 Å². The van der Waals surface area contributed by atoms with Crippen LogP contribution in [-0.2, 0) is 0 Å². The molecule has 0 unspecified atom stereocenters. The van der Waals surface area contributed by atoms with Crippen molar-refractivity contribution < 1.29 is 4.74 Å². The number of nitriles is 2. The van der Waals surface area contributed by atoms with Gasteiger partial charge in [0.25, 0.3) is 0 Å². The number of hydrogen-bond donors (Lipinski definition) is 0. The maximum absolute atomic E-state index is 8.85. The third kappa shape index (κ3) is 6.01. The minimum Gasteiger partial charge on any atom is -0.457 e. The summed E-state index contributed by atoms with van der Waals surface area (Å²) < 4.78 is 5.90. The van der Waals surface area contributed by atoms with E-state index in [9.17, 15) is 0 Å². The molecule has 4 aromatic carbocycles. The smallest absolute Gasteiger partial charge is 0.127 e. The van der Waals surface area contributed by atoms with Gasteiger partial charge in [-0.3, -0.25) is 9.98 Å². The van der Waals surface area contributed by atoms with Crippen LogP contribution >= 0.6 is 0 Å². The van der Waals surface area contributed by atoms with Crippen molar-refractivity contribution >= 4 is 23.8 Å². The molecule has 4 aromatic rings. The summed E-state index contributed by atoms with van der Waals surface area (Å²) in [7, 11) is 0. The van der Waals surface area contributed by atoms with Crippen LogP contribution in [0.25, 0.3) is 0 Å². The Balaban J connectivity index is 1.34. The van der Waals surface area contributed by atoms with Gasteiger partial charge in [-0.25, -0.2) is 0 Å². The molecule has 0 atom stereocenters. The van der Waals surface area contributed by atoms with Gasteiger partial charge in [-0.1, -0.05) is 24.3 Å². The molecule has 0 amide bonds. The molecule has 0 saturated heterocycles. The second-order valence-corrected chi connectivity index (χ2v) is 7.07. The molecule has 0 bridgehead atoms. The zero-order valence-electron chi connectivity index (χ0n) is 17.6. The van der Waals surface area contributed by atoms with Gasteiger partial charge >= 0.3 is 0 Å². The van der Waals surface area contributed by atoms with Crippen LogP contribution in [0.1, 0.15) is 22.3 Å². The Morgan fingerprint density at radius 1 is 0.515 bits per heavy atom. The zero-order chi connectivity index (χ0) is 22.9. The molecule has 5 heteroatoms. The lowest BCUT2D eigenvalue weighted by Crippen LogP contribution is -1.84. The zero-order valence-corrected chi connectivity index (χ0v) is 17.6. The van der Waals surface area contributed by atoms with Crippen molar-refractivity contribution in [2.24, 2.45) is 9.98 Å². The van der Waals surface area contributed by atoms with E-state index in [4.69, 9.17) is 15.3 Å². The first kappa shape index (κ1) is 21.2. The van der Waals surface area contributed by atoms with Crippen LogP contribution in [0.4, 0.5) is 11.4 Å². The Bertz CT molecular complexity index is 1250. The van der Waals surface area contributed by atoms with E-state index < -0.39 is 0 Å². The molecule has 0 saturated carbocycles. The molecule has 0 aliphatic rings. The third-order valence-electron chi connectivity index (χ3n) is 4.71. The molecule has 4 rings (SSSR count). The predicted octanol–water partition coefficient (Wildman–Crippen LogP) is 6.72. The summed E-state index contributed by atoms with van der Waals surface area (Å²) in [5.74, 6) is 1.42. The average Bonchev–Trinajstić information content (AvgIpc) is 2.88. The summed E-state index contributed by atoms with van der Waals surface area (Å²) in [6.07, 6.45) is 3.52. The summed E-state index contributed by atoms with van der Waals surface area (Å²) >= 11 is 0. The molecule has 0 radical (unpaired) electrons. The normalized spacial score (nSPS) is 10.7. The van der Waals surface area contributed by atoms with Gasteiger partial charge in [0.1, 0.15) is 11.5 Å². The maximum Gasteiger partial charge on any atom is 0.127 e. The van der Waals surface area contributed by atoms with E-state index in [1.807, 2.05) is 72.8 Å². The molecule has 0 heterocycles. The van der Waals surface area contributed by atoms with Gasteiger partial charge in [0.2, 0.25) is 0 Å². The van der Waals surface area contributed by atoms with E-state index in [0.29, 0.717) is 22.6 Å². The molecule has 33 heavy (non-hydrogen) atoms. The lowest BCUT2D eigenvalue weighted by molar-refractivity contribution is 0.483. The number of aliphatic imine (C=N–C) groups is 2. The highest BCUT2D eigenvalue weighted by molar-refractivity contribution is 5.82. The van der Waals surface area contributed by atoms with Crippen LogP contribution in [0.5, 0.6) is 11.5 Å². The minimum absolute atomic E-state index is 0.625. The summed E-state index contributed by atoms with van der Waals surface area (Å²) in [6, 6.07) is 33.7. The van der Waals surface area contributed by atoms with Crippen molar-refractivity contribution in [1.29, 1.82) is 10.5 Å². The number of ether oxygens (including phenoxy) is 1. The monoisotopic (exact) mass is 426 g/mol. The van der Waals surface area contributed by atoms with E-state index in [1.165, 1.54) is 0 Å². The molecule has 0 fully saturated rings. The van der Waals surface area contributed by atoms with Gasteiger partial charge in [0.15, 0.2) is 0 Å². The maximum atomic E-state index is 8.85. The Morgan fingerprint density at radius 2 is 0.879 bits per heavy atom. The average molecular weight is 426 g/mol. The fraction of sp³-hybridized carbons (Fsp3) is 0. The first-order valence-electron chi connectivity index (χ1n) is 10.2. The molecule has 156 valence electrons. The summed E-state index contributed by atoms with van der Waals surface area (Å²) in [5.41, 5.74) is 4.71. The van der Waals surface area contributed by atoms with Crippen molar-refractivity contribution in [2.45, 2.75) is 0 Å². The topological polar surface area (TPSA) is 81.5 Å². The summed E-state index contributed by atoms with van der Waals surface area (Å²) in [6.45, 7) is 0. The largest absolute Gasteiger partial charge is 0.457 e. The van der Waals surface area contributed by atoms with Crippen LogP contribution in [-0.4, -0.2) is 12.4 Å². The molecule has 0 spiro atoms. The standard InChI is InChI=1S/C28H18N4O/c29-17-21-1-5-23(6-2-21)19-31-25-9-13-27(14-10-25)33-28-15-11-26(12-16-28)32-20-24-7-3-22(18-30)4-8-24/h1-16,19-20H. The predicted molar refractivity (Wildman–Crippen MR) is 130 cm³/mol. The first-order chi connectivity index (χ1) is 16.2. The highest BCUT2D eigenvalue weighted by Gasteiger charge is 1.99. The second kappa shape index (κ2) is 10.3. The third-order valence-corrected chi connectivity index (χ3v) is 4.71. The fourth-order valence-electron chi connectivity index (χ4n) is 2.92. The van der Waals surface area contributed by atoms with Crippen molar-refractivity contribution in [1.82, 2.24) is 0 Å². The van der Waals surface area contributed by atoms with Crippen molar-refractivity contribution in [3.8, 4) is 23.6 Å². The summed E-state index contributed by atoms with van der Waals surface area (Å²) in [5, 5.41) is 17.7. The van der Waals surface area contributed by atoms with Gasteiger partial charge in [-0.2, -0.15) is 10.5 Å². The molecular formula is C28H18N4O. The summed E-state index contributed by atoms with van der Waals surface area (Å²) in [4.78, 5) is 8.90. The van der Waals surface area contributed by atoms with Crippen LogP contribution in [0.15, 0.2) is 107 Å². The first-order valence-corrected chi connectivity index (χ1v) is 10.2. The van der Waals surface area contributed by atoms with E-state index in [2.05, 4.69) is 22.1 Å². The molecule has 5 nitrogen and oxygen atoms in total. The van der Waals surface area contributed by atoms with Gasteiger partial charge in [-0.05, 0) is 83.9 Å². The SMILES string of the molecule is N#Cc1ccc(C=Nc2ccc(Oc3ccc(N=Cc4ccc(C#N)cc4)cc3)cc2)cc1. The van der Waals surface area contributed by atoms with Crippen LogP contribution < -0.4 is 4.74 Å². The van der Waals surface area contributed by atoms with Gasteiger partial charge < -0.3 is 4.74 Å². The van der Waals surface area contributed by atoms with E-state index in [1.54, 1.807) is 36.7 Å². The Morgan fingerprint density at radius 3 is 1.21 bits per heavy atom. The second-order valence-electron chi connectivity index (χ2n) is 7.07. The Hall–Kier alpha value is -5.00. The number of hydrogen-bond acceptors (Lipinski definition) is 5.